The molecule has 0 bridgehead atoms. The molecule has 4 aromatic rings. The molecule has 5 heterocycles. The van der Waals surface area contributed by atoms with Crippen molar-refractivity contribution in [1.82, 2.24) is 34.4 Å². The van der Waals surface area contributed by atoms with Gasteiger partial charge in [-0.1, -0.05) is 32.4 Å². The highest BCUT2D eigenvalue weighted by atomic mass is 35.5. The Bertz CT molecular complexity index is 2230. The van der Waals surface area contributed by atoms with E-state index in [-0.39, 0.29) is 70.0 Å². The standard InChI is InChI=1S/C35H36ClF3N8O5/c1-18-14-34(9-10-45(16-33(34,3)4)32(51)27-29(49)19(2)40-17-41-27)25-28(18)46(15-24(48)42-23-6-5-20(13-22(23)36)35(37,38)39)31-26(30(25)50)43-47(44-31)21-7-11-52-12-8-21/h5-7,13,17-18,49H,8-12,14-16H2,1-4H3,(H,42,48)/t18-,34-/m1/s1. The molecule has 52 heavy (non-hydrogen) atoms. The van der Waals surface area contributed by atoms with Gasteiger partial charge in [-0.05, 0) is 55.4 Å². The van der Waals surface area contributed by atoms with Crippen molar-refractivity contribution in [2.24, 2.45) is 5.41 Å². The molecule has 17 heteroatoms. The first kappa shape index (κ1) is 35.6. The molecule has 2 atom stereocenters. The number of hydrogen-bond acceptors (Lipinski definition) is 9. The summed E-state index contributed by atoms with van der Waals surface area (Å²) < 4.78 is 46.9. The molecule has 2 aliphatic heterocycles. The minimum atomic E-state index is -4.61. The normalized spacial score (nSPS) is 21.3. The van der Waals surface area contributed by atoms with E-state index >= 15 is 0 Å². The number of likely N-dealkylation sites (tertiary alicyclic amines) is 1. The van der Waals surface area contributed by atoms with Gasteiger partial charge < -0.3 is 24.6 Å². The Balaban J connectivity index is 1.31. The van der Waals surface area contributed by atoms with Crippen molar-refractivity contribution >= 4 is 46.0 Å². The van der Waals surface area contributed by atoms with E-state index < -0.39 is 34.4 Å². The van der Waals surface area contributed by atoms with E-state index in [1.165, 1.54) is 11.1 Å². The van der Waals surface area contributed by atoms with Crippen molar-refractivity contribution in [2.45, 2.75) is 71.0 Å². The predicted octanol–water partition coefficient (Wildman–Crippen LogP) is 5.29. The highest BCUT2D eigenvalue weighted by Crippen LogP contribution is 2.58. The van der Waals surface area contributed by atoms with Gasteiger partial charge in [0, 0.05) is 36.2 Å². The Hall–Kier alpha value is -4.83. The van der Waals surface area contributed by atoms with E-state index in [0.29, 0.717) is 43.7 Å². The third kappa shape index (κ3) is 5.81. The SMILES string of the molecule is Cc1ncnc(C(=O)N2CC[C@]3(C[C@@H](C)c4c3c(=O)c3nn(C5=CCOCC5)nc3n4CC(=O)Nc3ccc(C(F)(F)F)cc3Cl)C(C)(C)C2)c1O. The molecule has 0 radical (unpaired) electrons. The van der Waals surface area contributed by atoms with Crippen LogP contribution in [0.2, 0.25) is 5.02 Å². The molecule has 1 saturated heterocycles. The number of carbonyl (C=O) groups is 2. The van der Waals surface area contributed by atoms with Crippen molar-refractivity contribution in [3.8, 4) is 5.75 Å². The van der Waals surface area contributed by atoms with Crippen molar-refractivity contribution < 1.29 is 32.6 Å². The maximum absolute atomic E-state index is 14.7. The summed E-state index contributed by atoms with van der Waals surface area (Å²) in [7, 11) is 0. The number of fused-ring (bicyclic) bond motifs is 3. The topological polar surface area (TPSA) is 157 Å². The monoisotopic (exact) mass is 740 g/mol. The zero-order chi connectivity index (χ0) is 37.3. The number of aromatic nitrogens is 6. The van der Waals surface area contributed by atoms with Gasteiger partial charge in [0.2, 0.25) is 11.3 Å². The summed E-state index contributed by atoms with van der Waals surface area (Å²) >= 11 is 6.17. The largest absolute Gasteiger partial charge is 0.504 e. The number of pyridine rings is 1. The quantitative estimate of drug-likeness (QED) is 0.278. The number of aromatic hydroxyl groups is 1. The van der Waals surface area contributed by atoms with Crippen molar-refractivity contribution in [1.29, 1.82) is 0 Å². The highest BCUT2D eigenvalue weighted by molar-refractivity contribution is 6.33. The van der Waals surface area contributed by atoms with E-state index in [4.69, 9.17) is 21.4 Å². The molecule has 1 aliphatic carbocycles. The average molecular weight is 741 g/mol. The lowest BCUT2D eigenvalue weighted by molar-refractivity contribution is -0.137. The lowest BCUT2D eigenvalue weighted by Crippen LogP contribution is -2.57. The fourth-order valence-corrected chi connectivity index (χ4v) is 8.31. The molecule has 3 aliphatic rings. The van der Waals surface area contributed by atoms with Gasteiger partial charge >= 0.3 is 6.18 Å². The molecule has 1 fully saturated rings. The van der Waals surface area contributed by atoms with Crippen LogP contribution in [-0.4, -0.2) is 77.7 Å². The van der Waals surface area contributed by atoms with Crippen LogP contribution in [0.15, 0.2) is 35.4 Å². The summed E-state index contributed by atoms with van der Waals surface area (Å²) in [5, 5.41) is 22.3. The van der Waals surface area contributed by atoms with Gasteiger partial charge in [-0.2, -0.15) is 18.0 Å². The van der Waals surface area contributed by atoms with E-state index in [1.54, 1.807) is 16.4 Å². The Morgan fingerprint density at radius 1 is 1.19 bits per heavy atom. The Morgan fingerprint density at radius 2 is 1.96 bits per heavy atom. The number of aryl methyl sites for hydroxylation is 1. The number of hydrogen-bond donors (Lipinski definition) is 2. The summed E-state index contributed by atoms with van der Waals surface area (Å²) in [6.07, 6.45) is -0.126. The zero-order valence-corrected chi connectivity index (χ0v) is 29.6. The van der Waals surface area contributed by atoms with Crippen LogP contribution in [0.3, 0.4) is 0 Å². The van der Waals surface area contributed by atoms with Crippen LogP contribution in [0.5, 0.6) is 5.75 Å². The molecule has 0 unspecified atom stereocenters. The number of ether oxygens (including phenoxy) is 1. The summed E-state index contributed by atoms with van der Waals surface area (Å²) in [6, 6.07) is 2.68. The van der Waals surface area contributed by atoms with Crippen molar-refractivity contribution in [3.63, 3.8) is 0 Å². The minimum absolute atomic E-state index is 0.00257. The zero-order valence-electron chi connectivity index (χ0n) is 28.8. The van der Waals surface area contributed by atoms with Gasteiger partial charge in [0.25, 0.3) is 5.91 Å². The van der Waals surface area contributed by atoms with Crippen LogP contribution < -0.4 is 10.7 Å². The van der Waals surface area contributed by atoms with Gasteiger partial charge in [-0.25, -0.2) is 9.97 Å². The Morgan fingerprint density at radius 3 is 2.63 bits per heavy atom. The fraction of sp³-hybridized carbons (Fsp3) is 0.457. The number of amides is 2. The fourth-order valence-electron chi connectivity index (χ4n) is 8.08. The first-order valence-electron chi connectivity index (χ1n) is 16.8. The number of piperidine rings is 1. The molecule has 0 saturated carbocycles. The second-order valence-corrected chi connectivity index (χ2v) is 14.7. The predicted molar refractivity (Wildman–Crippen MR) is 184 cm³/mol. The summed E-state index contributed by atoms with van der Waals surface area (Å²) in [4.78, 5) is 53.1. The molecule has 1 spiro atoms. The second kappa shape index (κ2) is 12.7. The molecular formula is C35H36ClF3N8O5. The van der Waals surface area contributed by atoms with E-state index in [1.807, 2.05) is 26.8 Å². The first-order valence-corrected chi connectivity index (χ1v) is 17.2. The number of carbonyl (C=O) groups excluding carboxylic acids is 2. The smallest absolute Gasteiger partial charge is 0.416 e. The Kier molecular flexibility index (Phi) is 8.68. The number of rotatable bonds is 5. The first-order chi connectivity index (χ1) is 24.5. The van der Waals surface area contributed by atoms with E-state index in [0.717, 1.165) is 23.9 Å². The molecule has 2 amide bonds. The lowest BCUT2D eigenvalue weighted by atomic mass is 9.58. The summed E-state index contributed by atoms with van der Waals surface area (Å²) in [6.45, 7) is 8.50. The highest BCUT2D eigenvalue weighted by Gasteiger charge is 2.58. The molecule has 2 N–H and O–H groups in total. The third-order valence-electron chi connectivity index (χ3n) is 10.7. The molecule has 274 valence electrons. The molecular weight excluding hydrogens is 705 g/mol. The van der Waals surface area contributed by atoms with Crippen LogP contribution in [0.1, 0.15) is 79.0 Å². The lowest BCUT2D eigenvalue weighted by Gasteiger charge is -2.52. The third-order valence-corrected chi connectivity index (χ3v) is 11.0. The van der Waals surface area contributed by atoms with Crippen LogP contribution in [-0.2, 0) is 27.7 Å². The number of benzene rings is 1. The van der Waals surface area contributed by atoms with E-state index in [9.17, 15) is 32.7 Å². The van der Waals surface area contributed by atoms with Gasteiger partial charge in [0.15, 0.2) is 22.6 Å². The number of nitrogens with one attached hydrogen (secondary N) is 1. The molecule has 13 nitrogen and oxygen atoms in total. The van der Waals surface area contributed by atoms with Crippen LogP contribution in [0, 0.1) is 12.3 Å². The second-order valence-electron chi connectivity index (χ2n) is 14.3. The van der Waals surface area contributed by atoms with Gasteiger partial charge in [-0.15, -0.1) is 10.2 Å². The summed E-state index contributed by atoms with van der Waals surface area (Å²) in [5.41, 5.74) is -0.419. The van der Waals surface area contributed by atoms with Crippen LogP contribution in [0.25, 0.3) is 16.9 Å². The maximum atomic E-state index is 14.7. The Labute approximate surface area is 300 Å². The van der Waals surface area contributed by atoms with Crippen molar-refractivity contribution in [3.05, 3.63) is 74.1 Å². The molecule has 7 rings (SSSR count). The van der Waals surface area contributed by atoms with Gasteiger partial charge in [0.1, 0.15) is 12.9 Å². The average Bonchev–Trinajstić information content (AvgIpc) is 3.67. The van der Waals surface area contributed by atoms with Crippen molar-refractivity contribution in [2.75, 3.05) is 31.6 Å². The number of alkyl halides is 3. The number of nitrogens with zero attached hydrogens (tertiary/aromatic N) is 7. The number of halogens is 4. The van der Waals surface area contributed by atoms with Crippen LogP contribution >= 0.6 is 11.6 Å². The molecule has 3 aromatic heterocycles. The molecule has 1 aromatic carbocycles. The number of anilines is 1. The van der Waals surface area contributed by atoms with E-state index in [2.05, 4.69) is 20.4 Å². The summed E-state index contributed by atoms with van der Waals surface area (Å²) in [5.74, 6) is -1.57. The van der Waals surface area contributed by atoms with Gasteiger partial charge in [0.05, 0.1) is 40.9 Å². The van der Waals surface area contributed by atoms with Crippen LogP contribution in [0.4, 0.5) is 18.9 Å². The van der Waals surface area contributed by atoms with Gasteiger partial charge in [-0.3, -0.25) is 14.4 Å². The maximum Gasteiger partial charge on any atom is 0.416 e. The minimum Gasteiger partial charge on any atom is -0.504 e.